The van der Waals surface area contributed by atoms with Crippen LogP contribution in [0.2, 0.25) is 0 Å². The predicted molar refractivity (Wildman–Crippen MR) is 47.8 cm³/mol. The molecule has 0 aliphatic rings. The molecular formula is C8H9NO3S. The minimum absolute atomic E-state index is 0.0834. The molecule has 1 aromatic rings. The molecule has 4 nitrogen and oxygen atoms in total. The second-order valence-electron chi connectivity index (χ2n) is 2.42. The van der Waals surface area contributed by atoms with E-state index in [1.54, 1.807) is 6.20 Å². The maximum Gasteiger partial charge on any atom is 0.293 e. The van der Waals surface area contributed by atoms with Gasteiger partial charge in [-0.1, -0.05) is 0 Å². The van der Waals surface area contributed by atoms with Gasteiger partial charge in [-0.25, -0.2) is 4.98 Å². The SMILES string of the molecule is Cc1cnc(C(=O)CCOC=O)s1. The molecule has 0 fully saturated rings. The van der Waals surface area contributed by atoms with Crippen LogP contribution in [-0.4, -0.2) is 23.8 Å². The highest BCUT2D eigenvalue weighted by Crippen LogP contribution is 2.12. The number of aromatic nitrogens is 1. The second-order valence-corrected chi connectivity index (χ2v) is 3.65. The van der Waals surface area contributed by atoms with Crippen LogP contribution in [0, 0.1) is 6.92 Å². The molecule has 1 heterocycles. The van der Waals surface area contributed by atoms with E-state index in [9.17, 15) is 9.59 Å². The largest absolute Gasteiger partial charge is 0.467 e. The first-order valence-corrected chi connectivity index (χ1v) is 4.56. The normalized spacial score (nSPS) is 9.62. The summed E-state index contributed by atoms with van der Waals surface area (Å²) in [6, 6.07) is 0. The first-order valence-electron chi connectivity index (χ1n) is 3.75. The van der Waals surface area contributed by atoms with Gasteiger partial charge in [0.25, 0.3) is 6.47 Å². The Bertz CT molecular complexity index is 308. The molecule has 1 aromatic heterocycles. The van der Waals surface area contributed by atoms with Gasteiger partial charge in [-0.3, -0.25) is 9.59 Å². The number of Topliss-reactive ketones (excluding diaryl/α,β-unsaturated/α-hetero) is 1. The first kappa shape index (κ1) is 9.85. The number of nitrogens with zero attached hydrogens (tertiary/aromatic N) is 1. The lowest BCUT2D eigenvalue weighted by molar-refractivity contribution is -0.128. The van der Waals surface area contributed by atoms with Crippen molar-refractivity contribution in [3.8, 4) is 0 Å². The van der Waals surface area contributed by atoms with Gasteiger partial charge in [0, 0.05) is 17.5 Å². The number of rotatable bonds is 5. The van der Waals surface area contributed by atoms with Gasteiger partial charge in [-0.15, -0.1) is 11.3 Å². The minimum Gasteiger partial charge on any atom is -0.467 e. The summed E-state index contributed by atoms with van der Waals surface area (Å²) < 4.78 is 4.41. The van der Waals surface area contributed by atoms with Gasteiger partial charge in [0.1, 0.15) is 0 Å². The Labute approximate surface area is 79.6 Å². The highest BCUT2D eigenvalue weighted by molar-refractivity contribution is 7.13. The Balaban J connectivity index is 2.44. The number of ketones is 1. The van der Waals surface area contributed by atoms with Crippen molar-refractivity contribution in [1.82, 2.24) is 4.98 Å². The summed E-state index contributed by atoms with van der Waals surface area (Å²) in [7, 11) is 0. The van der Waals surface area contributed by atoms with Gasteiger partial charge in [-0.2, -0.15) is 0 Å². The molecule has 0 atom stereocenters. The Morgan fingerprint density at radius 1 is 1.77 bits per heavy atom. The number of aryl methyl sites for hydroxylation is 1. The molecule has 13 heavy (non-hydrogen) atoms. The van der Waals surface area contributed by atoms with Crippen molar-refractivity contribution in [2.45, 2.75) is 13.3 Å². The highest BCUT2D eigenvalue weighted by Gasteiger charge is 2.09. The first-order chi connectivity index (χ1) is 6.24. The quantitative estimate of drug-likeness (QED) is 0.406. The molecule has 0 N–H and O–H groups in total. The van der Waals surface area contributed by atoms with Crippen LogP contribution in [0.5, 0.6) is 0 Å². The fourth-order valence-electron chi connectivity index (χ4n) is 0.790. The third-order valence-corrected chi connectivity index (χ3v) is 2.33. The fourth-order valence-corrected chi connectivity index (χ4v) is 1.52. The maximum atomic E-state index is 11.3. The third-order valence-electron chi connectivity index (χ3n) is 1.37. The van der Waals surface area contributed by atoms with Gasteiger partial charge >= 0.3 is 0 Å². The molecular weight excluding hydrogens is 190 g/mol. The topological polar surface area (TPSA) is 56.3 Å². The number of hydrogen-bond acceptors (Lipinski definition) is 5. The van der Waals surface area contributed by atoms with E-state index in [4.69, 9.17) is 0 Å². The Morgan fingerprint density at radius 3 is 3.08 bits per heavy atom. The zero-order valence-corrected chi connectivity index (χ0v) is 7.97. The summed E-state index contributed by atoms with van der Waals surface area (Å²) in [6.07, 6.45) is 1.85. The molecule has 0 aliphatic carbocycles. The van der Waals surface area contributed by atoms with Crippen molar-refractivity contribution < 1.29 is 14.3 Å². The van der Waals surface area contributed by atoms with Crippen LogP contribution in [-0.2, 0) is 9.53 Å². The number of hydrogen-bond donors (Lipinski definition) is 0. The van der Waals surface area contributed by atoms with Crippen LogP contribution in [0.15, 0.2) is 6.20 Å². The van der Waals surface area contributed by atoms with E-state index in [2.05, 4.69) is 9.72 Å². The molecule has 1 rings (SSSR count). The van der Waals surface area contributed by atoms with Crippen molar-refractivity contribution in [2.24, 2.45) is 0 Å². The monoisotopic (exact) mass is 199 g/mol. The summed E-state index contributed by atoms with van der Waals surface area (Å²) in [5, 5.41) is 0.479. The Morgan fingerprint density at radius 2 is 2.54 bits per heavy atom. The van der Waals surface area contributed by atoms with Crippen LogP contribution in [0.1, 0.15) is 21.1 Å². The number of thiazole rings is 1. The molecule has 0 spiro atoms. The molecule has 0 saturated carbocycles. The van der Waals surface area contributed by atoms with Crippen molar-refractivity contribution in [2.75, 3.05) is 6.61 Å². The molecule has 70 valence electrons. The lowest BCUT2D eigenvalue weighted by atomic mass is 10.3. The standard InChI is InChI=1S/C8H9NO3S/c1-6-4-9-8(13-6)7(11)2-3-12-5-10/h4-5H,2-3H2,1H3. The summed E-state index contributed by atoms with van der Waals surface area (Å²) in [5.74, 6) is -0.0834. The average molecular weight is 199 g/mol. The van der Waals surface area contributed by atoms with E-state index in [0.717, 1.165) is 4.88 Å². The lowest BCUT2D eigenvalue weighted by Gasteiger charge is -1.94. The minimum atomic E-state index is -0.0834. The van der Waals surface area contributed by atoms with Crippen molar-refractivity contribution in [1.29, 1.82) is 0 Å². The lowest BCUT2D eigenvalue weighted by Crippen LogP contribution is -2.03. The molecule has 0 bridgehead atoms. The maximum absolute atomic E-state index is 11.3. The molecule has 5 heteroatoms. The molecule has 0 unspecified atom stereocenters. The van der Waals surface area contributed by atoms with Crippen molar-refractivity contribution >= 4 is 23.6 Å². The van der Waals surface area contributed by atoms with Gasteiger partial charge in [0.2, 0.25) is 0 Å². The third kappa shape index (κ3) is 2.95. The number of ether oxygens (including phenoxy) is 1. The van der Waals surface area contributed by atoms with Gasteiger partial charge < -0.3 is 4.74 Å². The van der Waals surface area contributed by atoms with Crippen LogP contribution in [0.4, 0.5) is 0 Å². The fraction of sp³-hybridized carbons (Fsp3) is 0.375. The Hall–Kier alpha value is -1.23. The number of carbonyl (C=O) groups excluding carboxylic acids is 2. The zero-order valence-electron chi connectivity index (χ0n) is 7.15. The highest BCUT2D eigenvalue weighted by atomic mass is 32.1. The van der Waals surface area contributed by atoms with E-state index in [1.807, 2.05) is 6.92 Å². The molecule has 0 aliphatic heterocycles. The second kappa shape index (κ2) is 4.71. The van der Waals surface area contributed by atoms with E-state index >= 15 is 0 Å². The molecule has 0 amide bonds. The van der Waals surface area contributed by atoms with Crippen molar-refractivity contribution in [3.63, 3.8) is 0 Å². The number of carbonyl (C=O) groups is 2. The molecule has 0 radical (unpaired) electrons. The van der Waals surface area contributed by atoms with Crippen LogP contribution in [0.3, 0.4) is 0 Å². The molecule has 0 aromatic carbocycles. The Kier molecular flexibility index (Phi) is 3.57. The van der Waals surface area contributed by atoms with Crippen LogP contribution >= 0.6 is 11.3 Å². The smallest absolute Gasteiger partial charge is 0.293 e. The zero-order chi connectivity index (χ0) is 9.68. The summed E-state index contributed by atoms with van der Waals surface area (Å²) in [6.45, 7) is 2.34. The van der Waals surface area contributed by atoms with Crippen molar-refractivity contribution in [3.05, 3.63) is 16.1 Å². The van der Waals surface area contributed by atoms with Gasteiger partial charge in [0.15, 0.2) is 10.8 Å². The summed E-state index contributed by atoms with van der Waals surface area (Å²) >= 11 is 1.35. The van der Waals surface area contributed by atoms with E-state index in [-0.39, 0.29) is 18.8 Å². The van der Waals surface area contributed by atoms with E-state index in [0.29, 0.717) is 11.5 Å². The van der Waals surface area contributed by atoms with Gasteiger partial charge in [0.05, 0.1) is 6.61 Å². The van der Waals surface area contributed by atoms with Crippen LogP contribution in [0.25, 0.3) is 0 Å². The van der Waals surface area contributed by atoms with Gasteiger partial charge in [-0.05, 0) is 6.92 Å². The van der Waals surface area contributed by atoms with E-state index in [1.165, 1.54) is 11.3 Å². The van der Waals surface area contributed by atoms with E-state index < -0.39 is 0 Å². The predicted octanol–water partition coefficient (Wildman–Crippen LogP) is 1.20. The summed E-state index contributed by atoms with van der Waals surface area (Å²) in [4.78, 5) is 26.0. The average Bonchev–Trinajstić information content (AvgIpc) is 2.52. The molecule has 0 saturated heterocycles. The van der Waals surface area contributed by atoms with Crippen LogP contribution < -0.4 is 0 Å². The summed E-state index contributed by atoms with van der Waals surface area (Å²) in [5.41, 5.74) is 0.